The largest absolute Gasteiger partial charge is 0.416 e. The fourth-order valence-electron chi connectivity index (χ4n) is 9.19. The molecule has 0 fully saturated rings. The highest BCUT2D eigenvalue weighted by Gasteiger charge is 2.48. The highest BCUT2D eigenvalue weighted by Crippen LogP contribution is 2.48. The number of halogens is 6. The van der Waals surface area contributed by atoms with Crippen LogP contribution in [0.2, 0.25) is 0 Å². The number of sulfone groups is 1. The summed E-state index contributed by atoms with van der Waals surface area (Å²) in [6, 6.07) is 17.8. The van der Waals surface area contributed by atoms with Gasteiger partial charge in [-0.1, -0.05) is 24.3 Å². The average molecular weight is 989 g/mol. The predicted octanol–water partition coefficient (Wildman–Crippen LogP) is 8.82. The lowest BCUT2D eigenvalue weighted by Crippen LogP contribution is -2.48. The molecule has 3 unspecified atom stereocenters. The van der Waals surface area contributed by atoms with Crippen molar-refractivity contribution in [2.75, 3.05) is 36.3 Å². The molecule has 4 aromatic rings. The molecule has 2 heterocycles. The normalized spacial score (nSPS) is 18.9. The van der Waals surface area contributed by atoms with E-state index in [4.69, 9.17) is 5.11 Å². The third kappa shape index (κ3) is 9.39. The average Bonchev–Trinajstić information content (AvgIpc) is 3.89. The zero-order valence-electron chi connectivity index (χ0n) is 37.5. The van der Waals surface area contributed by atoms with E-state index in [9.17, 15) is 69.6 Å². The maximum Gasteiger partial charge on any atom is 0.416 e. The van der Waals surface area contributed by atoms with Gasteiger partial charge >= 0.3 is 24.4 Å². The standard InChI is InChI=1S/C25H22F3N3O5S.C24H20F3N3O3/c1-30-23(18-7-6-15(14-29)12-21(18)37(35,36)11-3-10-32)22-19(8-9-20(22)33)31(24(30)34)17-5-2-4-16(13-17)25(26,27)28;1-13(31)18-10-14(12-28)6-7-17(18)22-21-19(8-9-20(21)32)30(23(33)29(22)2)16-5-3-4-15(11-16)24(25,26)27/h2,4-7,12-13,23,32H,3,8-11H2,1H3;3-7,10-11,13,22,31H,8-9H2,1-2H3. The summed E-state index contributed by atoms with van der Waals surface area (Å²) in [7, 11) is -1.23. The van der Waals surface area contributed by atoms with Crippen LogP contribution in [0.3, 0.4) is 0 Å². The summed E-state index contributed by atoms with van der Waals surface area (Å²) in [6.07, 6.45) is -9.84. The second-order valence-electron chi connectivity index (χ2n) is 16.8. The number of allylic oxidation sites excluding steroid dienone is 2. The minimum Gasteiger partial charge on any atom is -0.396 e. The van der Waals surface area contributed by atoms with Gasteiger partial charge in [-0.25, -0.2) is 18.0 Å². The number of alkyl halides is 6. The Bertz CT molecular complexity index is 3100. The predicted molar refractivity (Wildman–Crippen MR) is 239 cm³/mol. The molecule has 4 amide bonds. The molecular weight excluding hydrogens is 947 g/mol. The fourth-order valence-corrected chi connectivity index (χ4v) is 10.8. The highest BCUT2D eigenvalue weighted by atomic mass is 32.2. The molecule has 364 valence electrons. The number of hydrogen-bond acceptors (Lipinski definition) is 10. The summed E-state index contributed by atoms with van der Waals surface area (Å²) in [5.41, 5.74) is 0.443. The molecule has 21 heteroatoms. The summed E-state index contributed by atoms with van der Waals surface area (Å²) in [4.78, 5) is 57.4. The molecule has 3 atom stereocenters. The molecule has 4 aromatic carbocycles. The van der Waals surface area contributed by atoms with Crippen LogP contribution in [-0.4, -0.2) is 78.5 Å². The van der Waals surface area contributed by atoms with Gasteiger partial charge in [-0.3, -0.25) is 19.4 Å². The molecule has 0 spiro atoms. The number of hydrogen-bond donors (Lipinski definition) is 2. The van der Waals surface area contributed by atoms with E-state index in [2.05, 4.69) is 0 Å². The maximum atomic E-state index is 13.6. The first-order chi connectivity index (χ1) is 32.9. The van der Waals surface area contributed by atoms with Crippen LogP contribution in [-0.2, 0) is 31.8 Å². The summed E-state index contributed by atoms with van der Waals surface area (Å²) in [5.74, 6) is -1.00. The first kappa shape index (κ1) is 50.5. The highest BCUT2D eigenvalue weighted by molar-refractivity contribution is 7.91. The summed E-state index contributed by atoms with van der Waals surface area (Å²) < 4.78 is 106. The molecule has 0 bridgehead atoms. The number of rotatable bonds is 9. The van der Waals surface area contributed by atoms with Crippen molar-refractivity contribution in [3.8, 4) is 12.1 Å². The van der Waals surface area contributed by atoms with Crippen molar-refractivity contribution in [3.63, 3.8) is 0 Å². The molecule has 14 nitrogen and oxygen atoms in total. The van der Waals surface area contributed by atoms with E-state index in [1.54, 1.807) is 12.1 Å². The van der Waals surface area contributed by atoms with Gasteiger partial charge in [-0.2, -0.15) is 36.9 Å². The van der Waals surface area contributed by atoms with Crippen LogP contribution in [0.1, 0.15) is 96.2 Å². The van der Waals surface area contributed by atoms with E-state index >= 15 is 0 Å². The number of carbonyl (C=O) groups is 4. The van der Waals surface area contributed by atoms with E-state index in [0.29, 0.717) is 28.0 Å². The van der Waals surface area contributed by atoms with E-state index in [-0.39, 0.29) is 88.9 Å². The van der Waals surface area contributed by atoms with Crippen molar-refractivity contribution >= 4 is 44.8 Å². The Balaban J connectivity index is 0.000000208. The van der Waals surface area contributed by atoms with Crippen LogP contribution in [0, 0.1) is 22.7 Å². The van der Waals surface area contributed by atoms with Crippen LogP contribution in [0.5, 0.6) is 0 Å². The minimum absolute atomic E-state index is 0.000618. The first-order valence-corrected chi connectivity index (χ1v) is 23.2. The van der Waals surface area contributed by atoms with Crippen molar-refractivity contribution in [1.82, 2.24) is 9.80 Å². The topological polar surface area (TPSA) is 203 Å². The van der Waals surface area contributed by atoms with Crippen LogP contribution < -0.4 is 9.80 Å². The number of anilines is 2. The Morgan fingerprint density at radius 2 is 1.11 bits per heavy atom. The number of carbonyl (C=O) groups excluding carboxylic acids is 4. The lowest BCUT2D eigenvalue weighted by molar-refractivity contribution is -0.138. The lowest BCUT2D eigenvalue weighted by atomic mass is 9.87. The number of likely N-dealkylation sites (N-methyl/N-ethyl adjacent to an activating group) is 2. The van der Waals surface area contributed by atoms with E-state index in [0.717, 1.165) is 39.0 Å². The van der Waals surface area contributed by atoms with E-state index in [1.807, 2.05) is 12.1 Å². The zero-order valence-corrected chi connectivity index (χ0v) is 38.3. The smallest absolute Gasteiger partial charge is 0.396 e. The number of nitriles is 2. The Morgan fingerprint density at radius 3 is 1.54 bits per heavy atom. The summed E-state index contributed by atoms with van der Waals surface area (Å²) in [6.45, 7) is 1.14. The SMILES string of the molecule is CC(O)c1cc(C#N)ccc1C1C2=C(CCC2=O)N(c2cccc(C(F)(F)F)c2)C(=O)N1C.CN1C(=O)N(c2cccc(C(F)(F)F)c2)C2=C(C(=O)CC2)C1c1ccc(C#N)cc1S(=O)(=O)CCCO. The molecule has 2 aliphatic heterocycles. The quantitative estimate of drug-likeness (QED) is 0.153. The lowest BCUT2D eigenvalue weighted by Gasteiger charge is -2.41. The molecule has 0 aromatic heterocycles. The van der Waals surface area contributed by atoms with Crippen LogP contribution in [0.25, 0.3) is 0 Å². The molecule has 8 rings (SSSR count). The number of ketones is 2. The Labute approximate surface area is 397 Å². The second-order valence-corrected chi connectivity index (χ2v) is 18.9. The second kappa shape index (κ2) is 19.2. The molecule has 2 aliphatic carbocycles. The Morgan fingerprint density at radius 1 is 0.671 bits per heavy atom. The first-order valence-electron chi connectivity index (χ1n) is 21.6. The third-order valence-electron chi connectivity index (χ3n) is 12.4. The van der Waals surface area contributed by atoms with Crippen molar-refractivity contribution in [3.05, 3.63) is 146 Å². The number of amides is 4. The molecule has 70 heavy (non-hydrogen) atoms. The number of aliphatic hydroxyl groups excluding tert-OH is 2. The van der Waals surface area contributed by atoms with Crippen LogP contribution in [0.15, 0.2) is 112 Å². The zero-order chi connectivity index (χ0) is 51.2. The monoisotopic (exact) mass is 988 g/mol. The fraction of sp³-hybridized carbons (Fsp3) is 0.306. The van der Waals surface area contributed by atoms with Crippen molar-refractivity contribution in [2.45, 2.75) is 74.5 Å². The Hall–Kier alpha value is -7.33. The number of benzene rings is 4. The number of Topliss-reactive ketones (excluding diaryl/α,β-unsaturated/α-hetero) is 2. The van der Waals surface area contributed by atoms with Crippen molar-refractivity contribution in [1.29, 1.82) is 10.5 Å². The van der Waals surface area contributed by atoms with E-state index in [1.165, 1.54) is 74.4 Å². The van der Waals surface area contributed by atoms with Gasteiger partial charge in [-0.15, -0.1) is 0 Å². The van der Waals surface area contributed by atoms with Crippen LogP contribution >= 0.6 is 0 Å². The van der Waals surface area contributed by atoms with Gasteiger partial charge in [0.15, 0.2) is 21.4 Å². The third-order valence-corrected chi connectivity index (χ3v) is 14.3. The van der Waals surface area contributed by atoms with Gasteiger partial charge in [0.2, 0.25) is 0 Å². The Kier molecular flexibility index (Phi) is 13.9. The van der Waals surface area contributed by atoms with Crippen molar-refractivity contribution in [2.24, 2.45) is 0 Å². The molecular formula is C49H42F6N6O8S. The van der Waals surface area contributed by atoms with E-state index < -0.39 is 69.3 Å². The summed E-state index contributed by atoms with van der Waals surface area (Å²) >= 11 is 0. The number of urea groups is 2. The van der Waals surface area contributed by atoms with Gasteiger partial charge in [0.1, 0.15) is 0 Å². The molecule has 0 saturated heterocycles. The number of aliphatic hydroxyl groups is 2. The molecule has 0 radical (unpaired) electrons. The minimum atomic E-state index is -4.65. The van der Waals surface area contributed by atoms with Gasteiger partial charge in [0, 0.05) is 56.1 Å². The van der Waals surface area contributed by atoms with Crippen molar-refractivity contribution < 1.29 is 64.2 Å². The van der Waals surface area contributed by atoms with Gasteiger partial charge in [-0.05, 0) is 104 Å². The molecule has 4 aliphatic rings. The number of nitrogens with zero attached hydrogens (tertiary/aromatic N) is 6. The van der Waals surface area contributed by atoms with Crippen LogP contribution in [0.4, 0.5) is 47.3 Å². The molecule has 0 saturated carbocycles. The van der Waals surface area contributed by atoms with Gasteiger partial charge in [0.05, 0.1) is 74.6 Å². The van der Waals surface area contributed by atoms with Gasteiger partial charge < -0.3 is 20.0 Å². The maximum absolute atomic E-state index is 13.6. The summed E-state index contributed by atoms with van der Waals surface area (Å²) in [5, 5.41) is 38.0. The van der Waals surface area contributed by atoms with Gasteiger partial charge in [0.25, 0.3) is 0 Å². The molecule has 2 N–H and O–H groups in total.